The summed E-state index contributed by atoms with van der Waals surface area (Å²) in [4.78, 5) is 23.0. The van der Waals surface area contributed by atoms with Gasteiger partial charge < -0.3 is 4.90 Å². The number of benzene rings is 1. The van der Waals surface area contributed by atoms with E-state index in [1.165, 1.54) is 22.9 Å². The van der Waals surface area contributed by atoms with Crippen LogP contribution in [0.15, 0.2) is 53.6 Å². The number of hydrogen-bond donors (Lipinski definition) is 1. The third-order valence-corrected chi connectivity index (χ3v) is 6.16. The molecule has 32 heavy (non-hydrogen) atoms. The second kappa shape index (κ2) is 8.70. The zero-order valence-electron chi connectivity index (χ0n) is 17.8. The van der Waals surface area contributed by atoms with Crippen LogP contribution in [0.25, 0.3) is 11.3 Å². The maximum atomic E-state index is 14.2. The Hall–Kier alpha value is -3.27. The maximum Gasteiger partial charge on any atom is 0.255 e. The Morgan fingerprint density at radius 3 is 2.62 bits per heavy atom. The first-order valence-corrected chi connectivity index (χ1v) is 12.1. The van der Waals surface area contributed by atoms with Crippen LogP contribution < -0.4 is 15.2 Å². The topological polar surface area (TPSA) is 97.2 Å². The third-order valence-electron chi connectivity index (χ3n) is 5.55. The monoisotopic (exact) mass is 457 g/mol. The lowest BCUT2D eigenvalue weighted by atomic mass is 9.90. The maximum absolute atomic E-state index is 14.2. The van der Waals surface area contributed by atoms with Crippen molar-refractivity contribution in [3.63, 3.8) is 0 Å². The lowest BCUT2D eigenvalue weighted by Crippen LogP contribution is -2.38. The van der Waals surface area contributed by atoms with Gasteiger partial charge in [0.25, 0.3) is 5.56 Å². The predicted octanol–water partition coefficient (Wildman–Crippen LogP) is 2.74. The van der Waals surface area contributed by atoms with Crippen molar-refractivity contribution in [1.82, 2.24) is 14.5 Å². The van der Waals surface area contributed by atoms with Gasteiger partial charge in [-0.15, -0.1) is 0 Å². The molecular formula is C22H24FN5O3S. The number of piperidine rings is 1. The van der Waals surface area contributed by atoms with E-state index >= 15 is 0 Å². The minimum absolute atomic E-state index is 0.189. The predicted molar refractivity (Wildman–Crippen MR) is 122 cm³/mol. The number of anilines is 2. The van der Waals surface area contributed by atoms with Crippen LogP contribution in [0.3, 0.4) is 0 Å². The summed E-state index contributed by atoms with van der Waals surface area (Å²) in [6.07, 6.45) is 5.55. The first-order valence-electron chi connectivity index (χ1n) is 10.2. The molecule has 1 aromatic carbocycles. The lowest BCUT2D eigenvalue weighted by molar-refractivity contribution is 0.497. The molecule has 0 spiro atoms. The minimum atomic E-state index is -3.33. The van der Waals surface area contributed by atoms with Crippen LogP contribution >= 0.6 is 0 Å². The SMILES string of the molecule is Cn1c(N2CCC[C@@H](c3ccc(NS(C)(=O)=O)cc3)C2)nc(-c2ccncc2F)cc1=O. The Kier molecular flexibility index (Phi) is 5.96. The van der Waals surface area contributed by atoms with E-state index in [-0.39, 0.29) is 22.7 Å². The molecule has 2 aromatic heterocycles. The number of nitrogens with zero attached hydrogens (tertiary/aromatic N) is 4. The summed E-state index contributed by atoms with van der Waals surface area (Å²) in [5.74, 6) is 0.150. The number of sulfonamides is 1. The van der Waals surface area contributed by atoms with Crippen LogP contribution in [-0.4, -0.2) is 42.3 Å². The summed E-state index contributed by atoms with van der Waals surface area (Å²) in [5.41, 5.74) is 1.84. The standard InChI is InChI=1S/C22H24FN5O3S/c1-27-21(29)12-20(18-9-10-24-13-19(18)23)25-22(27)28-11-3-4-16(14-28)15-5-7-17(8-6-15)26-32(2,30)31/h5-10,12-13,16,26H,3-4,11,14H2,1-2H3/t16-/m1/s1. The van der Waals surface area contributed by atoms with Gasteiger partial charge in [-0.1, -0.05) is 12.1 Å². The molecule has 10 heteroatoms. The van der Waals surface area contributed by atoms with Crippen LogP contribution in [0, 0.1) is 5.82 Å². The van der Waals surface area contributed by atoms with Crippen molar-refractivity contribution in [3.8, 4) is 11.3 Å². The molecule has 1 saturated heterocycles. The quantitative estimate of drug-likeness (QED) is 0.633. The molecule has 0 radical (unpaired) electrons. The van der Waals surface area contributed by atoms with Gasteiger partial charge in [0.1, 0.15) is 0 Å². The van der Waals surface area contributed by atoms with Crippen molar-refractivity contribution in [1.29, 1.82) is 0 Å². The zero-order valence-corrected chi connectivity index (χ0v) is 18.6. The molecule has 1 aliphatic rings. The summed E-state index contributed by atoms with van der Waals surface area (Å²) in [5, 5.41) is 0. The number of aromatic nitrogens is 3. The Morgan fingerprint density at radius 2 is 1.94 bits per heavy atom. The molecule has 1 fully saturated rings. The van der Waals surface area contributed by atoms with Crippen LogP contribution in [-0.2, 0) is 17.1 Å². The van der Waals surface area contributed by atoms with Gasteiger partial charge in [-0.05, 0) is 36.6 Å². The number of hydrogen-bond acceptors (Lipinski definition) is 6. The second-order valence-electron chi connectivity index (χ2n) is 7.98. The first-order chi connectivity index (χ1) is 15.2. The highest BCUT2D eigenvalue weighted by Gasteiger charge is 2.25. The third kappa shape index (κ3) is 4.80. The molecule has 4 rings (SSSR count). The van der Waals surface area contributed by atoms with Gasteiger partial charge in [0, 0.05) is 49.6 Å². The van der Waals surface area contributed by atoms with E-state index in [9.17, 15) is 17.6 Å². The van der Waals surface area contributed by atoms with E-state index in [1.54, 1.807) is 19.2 Å². The fourth-order valence-corrected chi connectivity index (χ4v) is 4.56. The normalized spacial score (nSPS) is 16.7. The molecule has 0 bridgehead atoms. The smallest absolute Gasteiger partial charge is 0.255 e. The van der Waals surface area contributed by atoms with Crippen LogP contribution in [0.5, 0.6) is 0 Å². The first kappa shape index (κ1) is 21.9. The summed E-state index contributed by atoms with van der Waals surface area (Å²) in [7, 11) is -1.67. The molecule has 1 N–H and O–H groups in total. The van der Waals surface area contributed by atoms with Gasteiger partial charge in [0.05, 0.1) is 18.1 Å². The van der Waals surface area contributed by atoms with E-state index in [0.29, 0.717) is 18.2 Å². The molecule has 3 aromatic rings. The highest BCUT2D eigenvalue weighted by Crippen LogP contribution is 2.30. The summed E-state index contributed by atoms with van der Waals surface area (Å²) < 4.78 is 41.0. The number of nitrogens with one attached hydrogen (secondary N) is 1. The Labute approximate surface area is 185 Å². The average Bonchev–Trinajstić information content (AvgIpc) is 2.75. The van der Waals surface area contributed by atoms with Crippen molar-refractivity contribution in [2.45, 2.75) is 18.8 Å². The van der Waals surface area contributed by atoms with Gasteiger partial charge in [-0.25, -0.2) is 17.8 Å². The molecule has 3 heterocycles. The van der Waals surface area contributed by atoms with Gasteiger partial charge in [-0.3, -0.25) is 19.1 Å². The number of rotatable bonds is 5. The molecule has 0 aliphatic carbocycles. The van der Waals surface area contributed by atoms with Gasteiger partial charge in [0.15, 0.2) is 5.82 Å². The van der Waals surface area contributed by atoms with Crippen molar-refractivity contribution in [2.24, 2.45) is 7.05 Å². The number of pyridine rings is 1. The molecule has 1 aliphatic heterocycles. The summed E-state index contributed by atoms with van der Waals surface area (Å²) in [6, 6.07) is 10.2. The van der Waals surface area contributed by atoms with E-state index in [4.69, 9.17) is 0 Å². The Morgan fingerprint density at radius 1 is 1.19 bits per heavy atom. The molecule has 8 nitrogen and oxygen atoms in total. The molecule has 168 valence electrons. The van der Waals surface area contributed by atoms with Crippen LogP contribution in [0.1, 0.15) is 24.3 Å². The zero-order chi connectivity index (χ0) is 22.9. The highest BCUT2D eigenvalue weighted by molar-refractivity contribution is 7.92. The summed E-state index contributed by atoms with van der Waals surface area (Å²) >= 11 is 0. The van der Waals surface area contributed by atoms with Gasteiger partial charge >= 0.3 is 0 Å². The van der Waals surface area contributed by atoms with E-state index in [2.05, 4.69) is 14.7 Å². The Bertz CT molecular complexity index is 1290. The molecule has 0 unspecified atom stereocenters. The molecular weight excluding hydrogens is 433 g/mol. The van der Waals surface area contributed by atoms with E-state index < -0.39 is 15.8 Å². The minimum Gasteiger partial charge on any atom is -0.342 e. The van der Waals surface area contributed by atoms with Gasteiger partial charge in [-0.2, -0.15) is 0 Å². The van der Waals surface area contributed by atoms with Crippen LogP contribution in [0.2, 0.25) is 0 Å². The number of halogens is 1. The second-order valence-corrected chi connectivity index (χ2v) is 9.72. The Balaban J connectivity index is 1.61. The lowest BCUT2D eigenvalue weighted by Gasteiger charge is -2.34. The largest absolute Gasteiger partial charge is 0.342 e. The molecule has 1 atom stereocenters. The van der Waals surface area contributed by atoms with Crippen LogP contribution in [0.4, 0.5) is 16.0 Å². The van der Waals surface area contributed by atoms with E-state index in [1.807, 2.05) is 17.0 Å². The van der Waals surface area contributed by atoms with E-state index in [0.717, 1.165) is 37.4 Å². The van der Waals surface area contributed by atoms with Gasteiger partial charge in [0.2, 0.25) is 16.0 Å². The average molecular weight is 458 g/mol. The fourth-order valence-electron chi connectivity index (χ4n) is 4.00. The van der Waals surface area contributed by atoms with Crippen molar-refractivity contribution in [2.75, 3.05) is 29.0 Å². The highest BCUT2D eigenvalue weighted by atomic mass is 32.2. The molecule has 0 saturated carbocycles. The van der Waals surface area contributed by atoms with Crippen molar-refractivity contribution >= 4 is 21.7 Å². The van der Waals surface area contributed by atoms with Crippen molar-refractivity contribution < 1.29 is 12.8 Å². The summed E-state index contributed by atoms with van der Waals surface area (Å²) in [6.45, 7) is 1.37. The molecule has 0 amide bonds. The fraction of sp³-hybridized carbons (Fsp3) is 0.318. The van der Waals surface area contributed by atoms with Crippen molar-refractivity contribution in [3.05, 3.63) is 70.5 Å².